The lowest BCUT2D eigenvalue weighted by atomic mass is 10.1. The Bertz CT molecular complexity index is 380. The molecule has 0 radical (unpaired) electrons. The number of carboxylic acid groups (broad SMARTS) is 2. The third-order valence-corrected chi connectivity index (χ3v) is 3.48. The SMILES string of the molecule is CC(O)C(=O)O.CCCCCCCCCCCC(=O)O.CCOC(=O)C(C)O. The molecule has 0 heterocycles. The molecule has 8 heteroatoms. The standard InChI is InChI=1S/C12H24O2.C5H10O3.C3H6O3/c1-2-3-4-5-6-7-8-9-10-11-12(13)14;1-3-8-5(7)4(2)6;1-2(4)3(5)6/h2-11H2,1H3,(H,13,14);4,6H,3H2,1-2H3;2,4H,1H3,(H,5,6). The van der Waals surface area contributed by atoms with E-state index in [1.165, 1.54) is 58.8 Å². The van der Waals surface area contributed by atoms with Crippen LogP contribution in [-0.2, 0) is 19.1 Å². The van der Waals surface area contributed by atoms with Gasteiger partial charge in [0.15, 0.2) is 0 Å². The number of unbranched alkanes of at least 4 members (excludes halogenated alkanes) is 8. The van der Waals surface area contributed by atoms with Crippen LogP contribution in [0.2, 0.25) is 0 Å². The maximum absolute atomic E-state index is 10.3. The summed E-state index contributed by atoms with van der Waals surface area (Å²) in [6.45, 7) is 6.82. The molecule has 28 heavy (non-hydrogen) atoms. The number of aliphatic carboxylic acids is 2. The van der Waals surface area contributed by atoms with Crippen molar-refractivity contribution in [2.75, 3.05) is 6.61 Å². The van der Waals surface area contributed by atoms with Gasteiger partial charge in [0.2, 0.25) is 0 Å². The predicted molar refractivity (Wildman–Crippen MR) is 107 cm³/mol. The molecule has 0 spiro atoms. The van der Waals surface area contributed by atoms with Gasteiger partial charge in [0.25, 0.3) is 0 Å². The van der Waals surface area contributed by atoms with Crippen LogP contribution >= 0.6 is 0 Å². The summed E-state index contributed by atoms with van der Waals surface area (Å²) >= 11 is 0. The van der Waals surface area contributed by atoms with Gasteiger partial charge in [0.1, 0.15) is 12.2 Å². The first-order chi connectivity index (χ1) is 13.1. The highest BCUT2D eigenvalue weighted by atomic mass is 16.5. The molecule has 2 unspecified atom stereocenters. The summed E-state index contributed by atoms with van der Waals surface area (Å²) in [5.41, 5.74) is 0. The van der Waals surface area contributed by atoms with Crippen molar-refractivity contribution in [1.82, 2.24) is 0 Å². The second-order valence-corrected chi connectivity index (χ2v) is 6.41. The van der Waals surface area contributed by atoms with Crippen molar-refractivity contribution in [3.63, 3.8) is 0 Å². The van der Waals surface area contributed by atoms with E-state index in [2.05, 4.69) is 11.7 Å². The number of esters is 1. The van der Waals surface area contributed by atoms with Crippen LogP contribution < -0.4 is 0 Å². The molecular weight excluding hydrogens is 368 g/mol. The van der Waals surface area contributed by atoms with Crippen molar-refractivity contribution in [1.29, 1.82) is 0 Å². The van der Waals surface area contributed by atoms with Crippen LogP contribution in [0.4, 0.5) is 0 Å². The molecule has 0 aromatic carbocycles. The maximum Gasteiger partial charge on any atom is 0.334 e. The zero-order valence-electron chi connectivity index (χ0n) is 17.9. The molecular formula is C20H40O8. The smallest absolute Gasteiger partial charge is 0.334 e. The highest BCUT2D eigenvalue weighted by Gasteiger charge is 2.07. The summed E-state index contributed by atoms with van der Waals surface area (Å²) in [5, 5.41) is 32.7. The first-order valence-corrected chi connectivity index (χ1v) is 10.1. The average molecular weight is 409 g/mol. The Labute approximate surface area is 168 Å². The fraction of sp³-hybridized carbons (Fsp3) is 0.850. The zero-order valence-corrected chi connectivity index (χ0v) is 17.9. The van der Waals surface area contributed by atoms with E-state index in [0.717, 1.165) is 12.8 Å². The van der Waals surface area contributed by atoms with Crippen molar-refractivity contribution in [3.05, 3.63) is 0 Å². The molecule has 0 bridgehead atoms. The number of hydrogen-bond acceptors (Lipinski definition) is 6. The topological polar surface area (TPSA) is 141 Å². The molecule has 0 saturated heterocycles. The van der Waals surface area contributed by atoms with Crippen molar-refractivity contribution in [2.45, 2.75) is 104 Å². The Balaban J connectivity index is -0.000000376. The number of carboxylic acids is 2. The van der Waals surface area contributed by atoms with Crippen LogP contribution in [0.1, 0.15) is 91.9 Å². The number of carbonyl (C=O) groups is 3. The van der Waals surface area contributed by atoms with E-state index in [9.17, 15) is 14.4 Å². The van der Waals surface area contributed by atoms with Crippen LogP contribution in [0.5, 0.6) is 0 Å². The lowest BCUT2D eigenvalue weighted by Crippen LogP contribution is -2.18. The minimum atomic E-state index is -1.23. The Morgan fingerprint density at radius 3 is 1.39 bits per heavy atom. The monoisotopic (exact) mass is 408 g/mol. The van der Waals surface area contributed by atoms with Crippen molar-refractivity contribution in [2.24, 2.45) is 0 Å². The van der Waals surface area contributed by atoms with E-state index in [1.807, 2.05) is 0 Å². The highest BCUT2D eigenvalue weighted by Crippen LogP contribution is 2.10. The summed E-state index contributed by atoms with van der Waals surface area (Å²) < 4.78 is 4.41. The van der Waals surface area contributed by atoms with Gasteiger partial charge < -0.3 is 25.2 Å². The maximum atomic E-state index is 10.3. The Hall–Kier alpha value is -1.67. The molecule has 8 nitrogen and oxygen atoms in total. The average Bonchev–Trinajstić information content (AvgIpc) is 2.61. The van der Waals surface area contributed by atoms with E-state index in [1.54, 1.807) is 6.92 Å². The second kappa shape index (κ2) is 23.4. The fourth-order valence-corrected chi connectivity index (χ4v) is 1.85. The first-order valence-electron chi connectivity index (χ1n) is 10.1. The second-order valence-electron chi connectivity index (χ2n) is 6.41. The number of aliphatic hydroxyl groups excluding tert-OH is 2. The largest absolute Gasteiger partial charge is 0.481 e. The number of rotatable bonds is 13. The molecule has 0 rings (SSSR count). The first kappa shape index (κ1) is 31.0. The van der Waals surface area contributed by atoms with Crippen molar-refractivity contribution in [3.8, 4) is 0 Å². The molecule has 0 fully saturated rings. The van der Waals surface area contributed by atoms with Gasteiger partial charge in [-0.15, -0.1) is 0 Å². The van der Waals surface area contributed by atoms with Gasteiger partial charge in [0, 0.05) is 6.42 Å². The molecule has 168 valence electrons. The van der Waals surface area contributed by atoms with E-state index in [0.29, 0.717) is 13.0 Å². The Kier molecular flexibility index (Phi) is 25.9. The van der Waals surface area contributed by atoms with Gasteiger partial charge in [-0.1, -0.05) is 58.3 Å². The summed E-state index contributed by atoms with van der Waals surface area (Å²) in [4.78, 5) is 29.9. The van der Waals surface area contributed by atoms with Gasteiger partial charge in [-0.25, -0.2) is 9.59 Å². The summed E-state index contributed by atoms with van der Waals surface area (Å²) in [6, 6.07) is 0. The normalized spacial score (nSPS) is 11.8. The molecule has 0 amide bonds. The van der Waals surface area contributed by atoms with E-state index < -0.39 is 30.1 Å². The molecule has 0 saturated carbocycles. The lowest BCUT2D eigenvalue weighted by Gasteiger charge is -2.01. The van der Waals surface area contributed by atoms with Gasteiger partial charge in [-0.05, 0) is 27.2 Å². The highest BCUT2D eigenvalue weighted by molar-refractivity contribution is 5.73. The van der Waals surface area contributed by atoms with E-state index >= 15 is 0 Å². The van der Waals surface area contributed by atoms with Gasteiger partial charge in [-0.3, -0.25) is 4.79 Å². The number of carbonyl (C=O) groups excluding carboxylic acids is 1. The third-order valence-electron chi connectivity index (χ3n) is 3.48. The Morgan fingerprint density at radius 2 is 1.14 bits per heavy atom. The lowest BCUT2D eigenvalue weighted by molar-refractivity contribution is -0.152. The summed E-state index contributed by atoms with van der Waals surface area (Å²) in [6.07, 6.45) is 9.26. The van der Waals surface area contributed by atoms with Gasteiger partial charge in [0.05, 0.1) is 6.61 Å². The molecule has 0 aromatic rings. The molecule has 0 aromatic heterocycles. The van der Waals surface area contributed by atoms with Crippen molar-refractivity contribution >= 4 is 17.9 Å². The minimum Gasteiger partial charge on any atom is -0.481 e. The van der Waals surface area contributed by atoms with Crippen molar-refractivity contribution < 1.29 is 39.5 Å². The van der Waals surface area contributed by atoms with Crippen LogP contribution in [0.3, 0.4) is 0 Å². The van der Waals surface area contributed by atoms with Crippen LogP contribution in [-0.4, -0.2) is 57.1 Å². The number of aliphatic hydroxyl groups is 2. The molecule has 0 aliphatic carbocycles. The summed E-state index contributed by atoms with van der Waals surface area (Å²) in [7, 11) is 0. The fourth-order valence-electron chi connectivity index (χ4n) is 1.85. The number of ether oxygens (including phenoxy) is 1. The van der Waals surface area contributed by atoms with E-state index in [4.69, 9.17) is 20.4 Å². The van der Waals surface area contributed by atoms with Crippen LogP contribution in [0.15, 0.2) is 0 Å². The van der Waals surface area contributed by atoms with Crippen LogP contribution in [0, 0.1) is 0 Å². The third kappa shape index (κ3) is 32.0. The minimum absolute atomic E-state index is 0.323. The number of hydrogen-bond donors (Lipinski definition) is 4. The molecule has 0 aliphatic rings. The predicted octanol–water partition coefficient (Wildman–Crippen LogP) is 3.37. The Morgan fingerprint density at radius 1 is 0.750 bits per heavy atom. The zero-order chi connectivity index (χ0) is 22.4. The quantitative estimate of drug-likeness (QED) is 0.268. The van der Waals surface area contributed by atoms with Gasteiger partial charge in [-0.2, -0.15) is 0 Å². The molecule has 4 N–H and O–H groups in total. The molecule has 0 aliphatic heterocycles. The summed E-state index contributed by atoms with van der Waals surface area (Å²) in [5.74, 6) is -2.41. The van der Waals surface area contributed by atoms with Crippen LogP contribution in [0.25, 0.3) is 0 Å². The van der Waals surface area contributed by atoms with E-state index in [-0.39, 0.29) is 0 Å². The van der Waals surface area contributed by atoms with Gasteiger partial charge >= 0.3 is 17.9 Å². The molecule has 2 atom stereocenters.